The molecule has 0 spiro atoms. The Morgan fingerprint density at radius 2 is 1.95 bits per heavy atom. The van der Waals surface area contributed by atoms with Gasteiger partial charge in [0.1, 0.15) is 0 Å². The van der Waals surface area contributed by atoms with Gasteiger partial charge in [-0.1, -0.05) is 48.0 Å². The number of hydrogen-bond donors (Lipinski definition) is 1. The van der Waals surface area contributed by atoms with Gasteiger partial charge in [0.2, 0.25) is 0 Å². The summed E-state index contributed by atoms with van der Waals surface area (Å²) in [6.07, 6.45) is 0. The van der Waals surface area contributed by atoms with Crippen molar-refractivity contribution in [3.63, 3.8) is 0 Å². The first-order valence-electron chi connectivity index (χ1n) is 7.18. The predicted molar refractivity (Wildman–Crippen MR) is 89.0 cm³/mol. The number of likely N-dealkylation sites (N-methyl/N-ethyl adjacent to an activating group) is 1. The molecule has 0 radical (unpaired) electrons. The van der Waals surface area contributed by atoms with E-state index in [1.165, 1.54) is 5.56 Å². The molecule has 0 saturated heterocycles. The smallest absolute Gasteiger partial charge is 0.0630 e. The zero-order chi connectivity index (χ0) is 15.0. The summed E-state index contributed by atoms with van der Waals surface area (Å²) < 4.78 is 6.52. The molecule has 0 heterocycles. The summed E-state index contributed by atoms with van der Waals surface area (Å²) in [5.74, 6) is 0.673. The summed E-state index contributed by atoms with van der Waals surface area (Å²) in [6, 6.07) is 8.75. The van der Waals surface area contributed by atoms with Crippen molar-refractivity contribution in [3.05, 3.63) is 34.3 Å². The number of nitrogens with one attached hydrogen (secondary N) is 1. The third kappa shape index (κ3) is 6.35. The van der Waals surface area contributed by atoms with E-state index in [1.54, 1.807) is 7.11 Å². The van der Waals surface area contributed by atoms with E-state index < -0.39 is 0 Å². The lowest BCUT2D eigenvalue weighted by molar-refractivity contribution is 0.101. The van der Waals surface area contributed by atoms with E-state index in [-0.39, 0.29) is 0 Å². The molecule has 1 rings (SSSR count). The quantitative estimate of drug-likeness (QED) is 0.746. The van der Waals surface area contributed by atoms with E-state index in [1.807, 2.05) is 6.07 Å². The van der Waals surface area contributed by atoms with Gasteiger partial charge in [-0.2, -0.15) is 0 Å². The van der Waals surface area contributed by atoms with Crippen molar-refractivity contribution in [1.82, 2.24) is 10.2 Å². The number of halogens is 1. The number of benzene rings is 1. The van der Waals surface area contributed by atoms with Gasteiger partial charge >= 0.3 is 0 Å². The number of methoxy groups -OCH3 is 1. The molecule has 0 aliphatic carbocycles. The van der Waals surface area contributed by atoms with Gasteiger partial charge in [0.15, 0.2) is 0 Å². The molecule has 0 fully saturated rings. The van der Waals surface area contributed by atoms with Crippen molar-refractivity contribution >= 4 is 15.9 Å². The Balaban J connectivity index is 2.55. The van der Waals surface area contributed by atoms with Gasteiger partial charge in [0, 0.05) is 30.7 Å². The normalized spacial score (nSPS) is 13.2. The largest absolute Gasteiger partial charge is 0.383 e. The fourth-order valence-corrected chi connectivity index (χ4v) is 2.51. The van der Waals surface area contributed by atoms with Crippen LogP contribution in [0, 0.1) is 5.92 Å². The Bertz CT molecular complexity index is 384. The van der Waals surface area contributed by atoms with Gasteiger partial charge in [-0.15, -0.1) is 0 Å². The molecule has 1 unspecified atom stereocenters. The number of rotatable bonds is 9. The molecule has 0 aromatic heterocycles. The minimum Gasteiger partial charge on any atom is -0.383 e. The molecule has 114 valence electrons. The Labute approximate surface area is 131 Å². The van der Waals surface area contributed by atoms with E-state index >= 15 is 0 Å². The number of nitrogens with zero attached hydrogens (tertiary/aromatic N) is 1. The van der Waals surface area contributed by atoms with Crippen molar-refractivity contribution < 1.29 is 4.74 Å². The SMILES string of the molecule is COCC(CNCC(C)C)N(C)Cc1ccccc1Br. The molecule has 0 amide bonds. The topological polar surface area (TPSA) is 24.5 Å². The van der Waals surface area contributed by atoms with Gasteiger partial charge in [0.05, 0.1) is 6.61 Å². The Morgan fingerprint density at radius 1 is 1.25 bits per heavy atom. The van der Waals surface area contributed by atoms with E-state index in [0.29, 0.717) is 12.0 Å². The van der Waals surface area contributed by atoms with Crippen molar-refractivity contribution in [2.45, 2.75) is 26.4 Å². The van der Waals surface area contributed by atoms with Crippen LogP contribution in [0.1, 0.15) is 19.4 Å². The number of hydrogen-bond acceptors (Lipinski definition) is 3. The second kappa shape index (κ2) is 9.50. The Kier molecular flexibility index (Phi) is 8.38. The highest BCUT2D eigenvalue weighted by atomic mass is 79.9. The Hall–Kier alpha value is -0.420. The van der Waals surface area contributed by atoms with Crippen LogP contribution in [0.25, 0.3) is 0 Å². The van der Waals surface area contributed by atoms with Gasteiger partial charge in [-0.05, 0) is 31.1 Å². The number of ether oxygens (including phenoxy) is 1. The van der Waals surface area contributed by atoms with Crippen LogP contribution in [-0.2, 0) is 11.3 Å². The molecule has 0 saturated carbocycles. The van der Waals surface area contributed by atoms with Crippen LogP contribution in [0.3, 0.4) is 0 Å². The van der Waals surface area contributed by atoms with Crippen LogP contribution in [0.15, 0.2) is 28.7 Å². The van der Waals surface area contributed by atoms with Crippen LogP contribution in [0.2, 0.25) is 0 Å². The van der Waals surface area contributed by atoms with Gasteiger partial charge in [-0.25, -0.2) is 0 Å². The molecule has 0 aliphatic rings. The molecule has 1 N–H and O–H groups in total. The van der Waals surface area contributed by atoms with Crippen molar-refractivity contribution in [2.24, 2.45) is 5.92 Å². The molecule has 20 heavy (non-hydrogen) atoms. The van der Waals surface area contributed by atoms with E-state index in [2.05, 4.69) is 65.2 Å². The summed E-state index contributed by atoms with van der Waals surface area (Å²) in [5, 5.41) is 3.52. The summed E-state index contributed by atoms with van der Waals surface area (Å²) in [7, 11) is 3.92. The summed E-state index contributed by atoms with van der Waals surface area (Å²) in [5.41, 5.74) is 1.31. The van der Waals surface area contributed by atoms with Crippen molar-refractivity contribution in [3.8, 4) is 0 Å². The zero-order valence-corrected chi connectivity index (χ0v) is 14.6. The van der Waals surface area contributed by atoms with Crippen molar-refractivity contribution in [1.29, 1.82) is 0 Å². The molecule has 3 nitrogen and oxygen atoms in total. The minimum atomic E-state index is 0.380. The summed E-state index contributed by atoms with van der Waals surface area (Å²) in [4.78, 5) is 2.34. The summed E-state index contributed by atoms with van der Waals surface area (Å²) in [6.45, 7) is 8.10. The lowest BCUT2D eigenvalue weighted by Gasteiger charge is -2.28. The lowest BCUT2D eigenvalue weighted by atomic mass is 10.1. The third-order valence-corrected chi connectivity index (χ3v) is 4.07. The van der Waals surface area contributed by atoms with Crippen LogP contribution in [-0.4, -0.2) is 44.8 Å². The highest BCUT2D eigenvalue weighted by molar-refractivity contribution is 9.10. The highest BCUT2D eigenvalue weighted by Crippen LogP contribution is 2.18. The molecule has 0 aliphatic heterocycles. The fourth-order valence-electron chi connectivity index (χ4n) is 2.10. The van der Waals surface area contributed by atoms with E-state index in [4.69, 9.17) is 4.74 Å². The first-order chi connectivity index (χ1) is 9.54. The molecule has 0 bridgehead atoms. The van der Waals surface area contributed by atoms with Crippen molar-refractivity contribution in [2.75, 3.05) is 33.9 Å². The molecule has 1 aromatic carbocycles. The van der Waals surface area contributed by atoms with Gasteiger partial charge in [0.25, 0.3) is 0 Å². The Morgan fingerprint density at radius 3 is 2.55 bits per heavy atom. The minimum absolute atomic E-state index is 0.380. The molecular weight excluding hydrogens is 316 g/mol. The highest BCUT2D eigenvalue weighted by Gasteiger charge is 2.15. The van der Waals surface area contributed by atoms with Gasteiger partial charge < -0.3 is 10.1 Å². The predicted octanol–water partition coefficient (Wildman–Crippen LogP) is 3.14. The van der Waals surface area contributed by atoms with Gasteiger partial charge in [-0.3, -0.25) is 4.90 Å². The molecule has 4 heteroatoms. The maximum absolute atomic E-state index is 5.36. The maximum Gasteiger partial charge on any atom is 0.0630 e. The fraction of sp³-hybridized carbons (Fsp3) is 0.625. The standard InChI is InChI=1S/C16H27BrN2O/c1-13(2)9-18-10-15(12-20-4)19(3)11-14-7-5-6-8-16(14)17/h5-8,13,15,18H,9-12H2,1-4H3. The average molecular weight is 343 g/mol. The monoisotopic (exact) mass is 342 g/mol. The van der Waals surface area contributed by atoms with Crippen LogP contribution >= 0.6 is 15.9 Å². The molecular formula is C16H27BrN2O. The average Bonchev–Trinajstić information content (AvgIpc) is 2.40. The molecule has 1 aromatic rings. The van der Waals surface area contributed by atoms with Crippen LogP contribution in [0.5, 0.6) is 0 Å². The second-order valence-corrected chi connectivity index (χ2v) is 6.52. The van der Waals surface area contributed by atoms with Crippen LogP contribution in [0.4, 0.5) is 0 Å². The first-order valence-corrected chi connectivity index (χ1v) is 7.97. The third-order valence-electron chi connectivity index (χ3n) is 3.29. The zero-order valence-electron chi connectivity index (χ0n) is 13.0. The van der Waals surface area contributed by atoms with Crippen LogP contribution < -0.4 is 5.32 Å². The van der Waals surface area contributed by atoms with E-state index in [9.17, 15) is 0 Å². The first kappa shape index (κ1) is 17.6. The molecule has 1 atom stereocenters. The maximum atomic E-state index is 5.36. The second-order valence-electron chi connectivity index (χ2n) is 5.67. The summed E-state index contributed by atoms with van der Waals surface area (Å²) >= 11 is 3.61. The lowest BCUT2D eigenvalue weighted by Crippen LogP contribution is -2.43. The van der Waals surface area contributed by atoms with E-state index in [0.717, 1.165) is 30.7 Å².